The Morgan fingerprint density at radius 3 is 2.68 bits per heavy atom. The fraction of sp³-hybridized carbons (Fsp3) is 0.381. The molecule has 3 nitrogen and oxygen atoms in total. The van der Waals surface area contributed by atoms with Gasteiger partial charge in [-0.3, -0.25) is 9.69 Å². The number of rotatable bonds is 2. The summed E-state index contributed by atoms with van der Waals surface area (Å²) in [6.45, 7) is 4.21. The molecule has 0 radical (unpaired) electrons. The monoisotopic (exact) mass is 339 g/mol. The van der Waals surface area contributed by atoms with Crippen LogP contribution in [0.25, 0.3) is 0 Å². The first kappa shape index (κ1) is 16.3. The lowest BCUT2D eigenvalue weighted by molar-refractivity contribution is -0.0109. The molecule has 0 unspecified atom stereocenters. The molecule has 2 aliphatic heterocycles. The fourth-order valence-electron chi connectivity index (χ4n) is 3.87. The number of aryl methyl sites for hydroxylation is 1. The van der Waals surface area contributed by atoms with Gasteiger partial charge in [-0.2, -0.15) is 0 Å². The normalized spacial score (nSPS) is 19.5. The van der Waals surface area contributed by atoms with Crippen molar-refractivity contribution in [2.45, 2.75) is 38.3 Å². The summed E-state index contributed by atoms with van der Waals surface area (Å²) in [5.41, 5.74) is 2.11. The van der Waals surface area contributed by atoms with Crippen molar-refractivity contribution >= 4 is 5.78 Å². The summed E-state index contributed by atoms with van der Waals surface area (Å²) in [4.78, 5) is 14.8. The van der Waals surface area contributed by atoms with Crippen molar-refractivity contribution in [3.63, 3.8) is 0 Å². The van der Waals surface area contributed by atoms with Gasteiger partial charge in [-0.05, 0) is 25.1 Å². The molecule has 2 aromatic carbocycles. The molecule has 1 saturated heterocycles. The van der Waals surface area contributed by atoms with Gasteiger partial charge in [0.1, 0.15) is 17.2 Å². The van der Waals surface area contributed by atoms with Crippen LogP contribution in [0.1, 0.15) is 40.7 Å². The molecule has 0 saturated carbocycles. The summed E-state index contributed by atoms with van der Waals surface area (Å²) in [5, 5.41) is 0. The molecular formula is C21H22FNO2. The van der Waals surface area contributed by atoms with E-state index in [9.17, 15) is 9.18 Å². The number of halogens is 1. The number of hydrogen-bond donors (Lipinski definition) is 0. The lowest BCUT2D eigenvalue weighted by Crippen LogP contribution is -2.50. The molecule has 2 heterocycles. The Morgan fingerprint density at radius 1 is 1.16 bits per heavy atom. The molecule has 0 amide bonds. The van der Waals surface area contributed by atoms with Gasteiger partial charge in [0, 0.05) is 38.0 Å². The van der Waals surface area contributed by atoms with E-state index in [1.807, 2.05) is 37.3 Å². The Morgan fingerprint density at radius 2 is 1.92 bits per heavy atom. The second-order valence-corrected chi connectivity index (χ2v) is 7.25. The van der Waals surface area contributed by atoms with Gasteiger partial charge in [0.15, 0.2) is 5.78 Å². The number of ketones is 1. The van der Waals surface area contributed by atoms with Crippen molar-refractivity contribution in [1.82, 2.24) is 4.90 Å². The van der Waals surface area contributed by atoms with E-state index in [1.54, 1.807) is 6.07 Å². The van der Waals surface area contributed by atoms with E-state index in [0.717, 1.165) is 37.1 Å². The van der Waals surface area contributed by atoms with Crippen molar-refractivity contribution in [3.8, 4) is 5.75 Å². The van der Waals surface area contributed by atoms with Gasteiger partial charge in [0.2, 0.25) is 0 Å². The molecule has 0 N–H and O–H groups in total. The Kier molecular flexibility index (Phi) is 4.08. The number of Topliss-reactive ketones (excluding diaryl/α,β-unsaturated/α-hetero) is 1. The third kappa shape index (κ3) is 3.19. The molecule has 130 valence electrons. The molecule has 2 aromatic rings. The van der Waals surface area contributed by atoms with E-state index in [1.165, 1.54) is 6.07 Å². The van der Waals surface area contributed by atoms with E-state index in [2.05, 4.69) is 4.90 Å². The standard InChI is InChI=1S/C21H22FNO2/c1-15-6-7-20-17(12-15)19(24)13-21(25-20)8-10-23(11-9-21)14-16-4-2-3-5-18(16)22/h2-7,12H,8-11,13-14H2,1H3. The van der Waals surface area contributed by atoms with Crippen molar-refractivity contribution in [2.75, 3.05) is 13.1 Å². The average molecular weight is 339 g/mol. The summed E-state index contributed by atoms with van der Waals surface area (Å²) < 4.78 is 20.1. The van der Waals surface area contributed by atoms with Crippen LogP contribution >= 0.6 is 0 Å². The van der Waals surface area contributed by atoms with Crippen LogP contribution in [0.15, 0.2) is 42.5 Å². The minimum absolute atomic E-state index is 0.156. The van der Waals surface area contributed by atoms with E-state index < -0.39 is 5.60 Å². The zero-order chi connectivity index (χ0) is 17.4. The largest absolute Gasteiger partial charge is 0.486 e. The number of ether oxygens (including phenoxy) is 1. The SMILES string of the molecule is Cc1ccc2c(c1)C(=O)CC1(CCN(Cc3ccccc3F)CC1)O2. The first-order chi connectivity index (χ1) is 12.0. The molecule has 2 aliphatic rings. The molecule has 4 rings (SSSR count). The van der Waals surface area contributed by atoms with Crippen molar-refractivity contribution in [3.05, 3.63) is 65.0 Å². The van der Waals surface area contributed by atoms with E-state index in [-0.39, 0.29) is 11.6 Å². The van der Waals surface area contributed by atoms with E-state index >= 15 is 0 Å². The van der Waals surface area contributed by atoms with Crippen LogP contribution in [0, 0.1) is 12.7 Å². The van der Waals surface area contributed by atoms with Gasteiger partial charge < -0.3 is 4.74 Å². The zero-order valence-corrected chi connectivity index (χ0v) is 14.4. The topological polar surface area (TPSA) is 29.5 Å². The molecule has 0 bridgehead atoms. The molecule has 4 heteroatoms. The van der Waals surface area contributed by atoms with E-state index in [0.29, 0.717) is 24.3 Å². The number of fused-ring (bicyclic) bond motifs is 1. The Hall–Kier alpha value is -2.20. The van der Waals surface area contributed by atoms with Crippen molar-refractivity contribution in [1.29, 1.82) is 0 Å². The number of carbonyl (C=O) groups is 1. The lowest BCUT2D eigenvalue weighted by Gasteiger charge is -2.44. The van der Waals surface area contributed by atoms with Crippen LogP contribution in [0.2, 0.25) is 0 Å². The summed E-state index contributed by atoms with van der Waals surface area (Å²) >= 11 is 0. The number of hydrogen-bond acceptors (Lipinski definition) is 3. The second kappa shape index (κ2) is 6.26. The molecule has 25 heavy (non-hydrogen) atoms. The van der Waals surface area contributed by atoms with Crippen LogP contribution in [0.4, 0.5) is 4.39 Å². The zero-order valence-electron chi connectivity index (χ0n) is 14.4. The highest BCUT2D eigenvalue weighted by Gasteiger charge is 2.42. The molecule has 0 aliphatic carbocycles. The van der Waals surface area contributed by atoms with Crippen molar-refractivity contribution < 1.29 is 13.9 Å². The first-order valence-corrected chi connectivity index (χ1v) is 8.83. The maximum Gasteiger partial charge on any atom is 0.170 e. The third-order valence-electron chi connectivity index (χ3n) is 5.36. The highest BCUT2D eigenvalue weighted by Crippen LogP contribution is 2.39. The van der Waals surface area contributed by atoms with Crippen LogP contribution in [-0.2, 0) is 6.54 Å². The van der Waals surface area contributed by atoms with Crippen LogP contribution in [0.3, 0.4) is 0 Å². The Bertz CT molecular complexity index is 809. The third-order valence-corrected chi connectivity index (χ3v) is 5.36. The smallest absolute Gasteiger partial charge is 0.170 e. The van der Waals surface area contributed by atoms with Crippen LogP contribution < -0.4 is 4.74 Å². The maximum absolute atomic E-state index is 13.8. The predicted octanol–water partition coefficient (Wildman–Crippen LogP) is 4.13. The van der Waals surface area contributed by atoms with Gasteiger partial charge in [0.05, 0.1) is 12.0 Å². The Balaban J connectivity index is 1.46. The minimum atomic E-state index is -0.398. The highest BCUT2D eigenvalue weighted by molar-refractivity contribution is 6.00. The molecular weight excluding hydrogens is 317 g/mol. The number of piperidine rings is 1. The summed E-state index contributed by atoms with van der Waals surface area (Å²) in [5.74, 6) is 0.730. The number of likely N-dealkylation sites (tertiary alicyclic amines) is 1. The summed E-state index contributed by atoms with van der Waals surface area (Å²) in [6, 6.07) is 12.7. The number of nitrogens with zero attached hydrogens (tertiary/aromatic N) is 1. The fourth-order valence-corrected chi connectivity index (χ4v) is 3.87. The minimum Gasteiger partial charge on any atom is -0.486 e. The molecule has 0 aromatic heterocycles. The molecule has 0 atom stereocenters. The van der Waals surface area contributed by atoms with Gasteiger partial charge in [0.25, 0.3) is 0 Å². The quantitative estimate of drug-likeness (QED) is 0.824. The maximum atomic E-state index is 13.8. The molecule has 1 spiro atoms. The van der Waals surface area contributed by atoms with Crippen LogP contribution in [-0.4, -0.2) is 29.4 Å². The first-order valence-electron chi connectivity index (χ1n) is 8.83. The van der Waals surface area contributed by atoms with Gasteiger partial charge in [-0.15, -0.1) is 0 Å². The van der Waals surface area contributed by atoms with Crippen molar-refractivity contribution in [2.24, 2.45) is 0 Å². The number of benzene rings is 2. The summed E-state index contributed by atoms with van der Waals surface area (Å²) in [7, 11) is 0. The highest BCUT2D eigenvalue weighted by atomic mass is 19.1. The Labute approximate surface area is 147 Å². The van der Waals surface area contributed by atoms with Crippen LogP contribution in [0.5, 0.6) is 5.75 Å². The predicted molar refractivity (Wildman–Crippen MR) is 94.4 cm³/mol. The summed E-state index contributed by atoms with van der Waals surface area (Å²) in [6.07, 6.45) is 2.03. The lowest BCUT2D eigenvalue weighted by atomic mass is 9.82. The number of carbonyl (C=O) groups excluding carboxylic acids is 1. The second-order valence-electron chi connectivity index (χ2n) is 7.25. The average Bonchev–Trinajstić information content (AvgIpc) is 2.60. The molecule has 1 fully saturated rings. The van der Waals surface area contributed by atoms with E-state index in [4.69, 9.17) is 4.74 Å². The van der Waals surface area contributed by atoms with Gasteiger partial charge >= 0.3 is 0 Å². The van der Waals surface area contributed by atoms with Gasteiger partial charge in [-0.1, -0.05) is 29.8 Å². The van der Waals surface area contributed by atoms with Gasteiger partial charge in [-0.25, -0.2) is 4.39 Å².